The Morgan fingerprint density at radius 1 is 1.29 bits per heavy atom. The number of ether oxygens (including phenoxy) is 1. The van der Waals surface area contributed by atoms with Crippen molar-refractivity contribution in [3.05, 3.63) is 48.6 Å². The van der Waals surface area contributed by atoms with Crippen LogP contribution >= 0.6 is 11.8 Å². The zero-order valence-electron chi connectivity index (χ0n) is 15.1. The van der Waals surface area contributed by atoms with Crippen molar-refractivity contribution >= 4 is 34.5 Å². The van der Waals surface area contributed by atoms with E-state index in [4.69, 9.17) is 9.26 Å². The quantitative estimate of drug-likeness (QED) is 0.391. The fraction of sp³-hybridized carbons (Fsp3) is 0.167. The first-order chi connectivity index (χ1) is 13.6. The molecule has 0 aliphatic heterocycles. The molecule has 28 heavy (non-hydrogen) atoms. The minimum atomic E-state index is -0.201. The van der Waals surface area contributed by atoms with Crippen molar-refractivity contribution in [2.24, 2.45) is 0 Å². The Kier molecular flexibility index (Phi) is 4.94. The van der Waals surface area contributed by atoms with E-state index >= 15 is 0 Å². The number of nitrogens with zero attached hydrogens (tertiary/aromatic N) is 5. The Morgan fingerprint density at radius 3 is 2.82 bits per heavy atom. The number of thioether (sulfide) groups is 1. The van der Waals surface area contributed by atoms with Crippen molar-refractivity contribution < 1.29 is 14.1 Å². The molecule has 0 aliphatic carbocycles. The Hall–Kier alpha value is -3.40. The summed E-state index contributed by atoms with van der Waals surface area (Å²) in [6.45, 7) is 1.76. The maximum Gasteiger partial charge on any atom is 0.236 e. The van der Waals surface area contributed by atoms with E-state index in [0.29, 0.717) is 22.3 Å². The molecule has 0 saturated carbocycles. The number of fused-ring (bicyclic) bond motifs is 1. The van der Waals surface area contributed by atoms with Gasteiger partial charge in [0.25, 0.3) is 0 Å². The van der Waals surface area contributed by atoms with Gasteiger partial charge in [0.1, 0.15) is 22.9 Å². The molecule has 9 nitrogen and oxygen atoms in total. The summed E-state index contributed by atoms with van der Waals surface area (Å²) in [5.74, 6) is 1.76. The lowest BCUT2D eigenvalue weighted by Crippen LogP contribution is -2.14. The number of methoxy groups -OCH3 is 1. The van der Waals surface area contributed by atoms with Crippen LogP contribution in [0.25, 0.3) is 16.7 Å². The average Bonchev–Trinajstić information content (AvgIpc) is 3.32. The zero-order valence-corrected chi connectivity index (χ0v) is 15.9. The second kappa shape index (κ2) is 7.69. The van der Waals surface area contributed by atoms with Crippen molar-refractivity contribution in [2.45, 2.75) is 11.9 Å². The van der Waals surface area contributed by atoms with Crippen LogP contribution in [0.5, 0.6) is 5.75 Å². The molecule has 0 unspecified atom stereocenters. The van der Waals surface area contributed by atoms with Gasteiger partial charge in [0, 0.05) is 6.07 Å². The lowest BCUT2D eigenvalue weighted by Gasteiger charge is -2.05. The van der Waals surface area contributed by atoms with E-state index in [9.17, 15) is 4.79 Å². The van der Waals surface area contributed by atoms with Gasteiger partial charge in [0.15, 0.2) is 11.5 Å². The normalized spacial score (nSPS) is 10.9. The number of carbonyl (C=O) groups excluding carboxylic acids is 1. The number of hydrogen-bond donors (Lipinski definition) is 1. The van der Waals surface area contributed by atoms with Crippen LogP contribution in [0.15, 0.2) is 52.4 Å². The molecule has 10 heteroatoms. The molecule has 142 valence electrons. The van der Waals surface area contributed by atoms with Crippen LogP contribution in [0.2, 0.25) is 0 Å². The molecule has 3 aromatic heterocycles. The molecule has 0 spiro atoms. The fourth-order valence-corrected chi connectivity index (χ4v) is 3.35. The van der Waals surface area contributed by atoms with Crippen LogP contribution in [-0.4, -0.2) is 43.7 Å². The highest BCUT2D eigenvalue weighted by atomic mass is 32.2. The van der Waals surface area contributed by atoms with Crippen LogP contribution in [0, 0.1) is 6.92 Å². The number of nitrogens with one attached hydrogen (secondary N) is 1. The first-order valence-electron chi connectivity index (χ1n) is 8.33. The minimum absolute atomic E-state index is 0.172. The van der Waals surface area contributed by atoms with E-state index in [-0.39, 0.29) is 11.7 Å². The molecule has 0 fully saturated rings. The van der Waals surface area contributed by atoms with Gasteiger partial charge in [-0.15, -0.1) is 0 Å². The second-order valence-corrected chi connectivity index (χ2v) is 6.79. The van der Waals surface area contributed by atoms with Crippen molar-refractivity contribution in [3.63, 3.8) is 0 Å². The number of benzene rings is 1. The van der Waals surface area contributed by atoms with Gasteiger partial charge in [-0.25, -0.2) is 14.6 Å². The number of amides is 1. The summed E-state index contributed by atoms with van der Waals surface area (Å²) in [7, 11) is 1.62. The molecule has 4 rings (SSSR count). The summed E-state index contributed by atoms with van der Waals surface area (Å²) in [5.41, 5.74) is 1.51. The standard InChI is InChI=1S/C18H16N6O3S/c1-11-7-15(23-27-11)22-16(25)9-28-18-14-8-21-24(17(14)19-10-20-18)12-3-5-13(26-2)6-4-12/h3-8,10H,9H2,1-2H3,(H,22,23,25). The molecule has 0 aliphatic rings. The smallest absolute Gasteiger partial charge is 0.236 e. The molecule has 0 saturated heterocycles. The largest absolute Gasteiger partial charge is 0.497 e. The Labute approximate surface area is 164 Å². The van der Waals surface area contributed by atoms with Gasteiger partial charge in [-0.3, -0.25) is 4.79 Å². The van der Waals surface area contributed by atoms with Crippen molar-refractivity contribution in [3.8, 4) is 11.4 Å². The summed E-state index contributed by atoms with van der Waals surface area (Å²) in [4.78, 5) is 20.8. The predicted molar refractivity (Wildman–Crippen MR) is 104 cm³/mol. The SMILES string of the molecule is COc1ccc(-n2ncc3c(SCC(=O)Nc4cc(C)on4)ncnc32)cc1. The van der Waals surface area contributed by atoms with E-state index in [2.05, 4.69) is 25.5 Å². The Balaban J connectivity index is 1.52. The minimum Gasteiger partial charge on any atom is -0.497 e. The van der Waals surface area contributed by atoms with Crippen molar-refractivity contribution in [2.75, 3.05) is 18.2 Å². The molecule has 4 aromatic rings. The fourth-order valence-electron chi connectivity index (χ4n) is 2.59. The highest BCUT2D eigenvalue weighted by molar-refractivity contribution is 8.00. The number of anilines is 1. The predicted octanol–water partition coefficient (Wildman–Crippen LogP) is 2.85. The molecule has 3 heterocycles. The molecule has 1 aromatic carbocycles. The number of carbonyl (C=O) groups is 1. The molecule has 0 atom stereocenters. The van der Waals surface area contributed by atoms with Crippen molar-refractivity contribution in [1.82, 2.24) is 24.9 Å². The van der Waals surface area contributed by atoms with Gasteiger partial charge in [0.05, 0.1) is 30.1 Å². The lowest BCUT2D eigenvalue weighted by molar-refractivity contribution is -0.113. The van der Waals surface area contributed by atoms with Crippen LogP contribution in [-0.2, 0) is 4.79 Å². The Morgan fingerprint density at radius 2 is 2.11 bits per heavy atom. The molecular formula is C18H16N6O3S. The monoisotopic (exact) mass is 396 g/mol. The van der Waals surface area contributed by atoms with Crippen LogP contribution in [0.1, 0.15) is 5.76 Å². The van der Waals surface area contributed by atoms with Gasteiger partial charge in [-0.05, 0) is 31.2 Å². The summed E-state index contributed by atoms with van der Waals surface area (Å²) in [6.07, 6.45) is 3.16. The summed E-state index contributed by atoms with van der Waals surface area (Å²) >= 11 is 1.30. The topological polar surface area (TPSA) is 108 Å². The van der Waals surface area contributed by atoms with E-state index in [1.54, 1.807) is 31.0 Å². The van der Waals surface area contributed by atoms with E-state index in [1.807, 2.05) is 24.3 Å². The maximum atomic E-state index is 12.1. The van der Waals surface area contributed by atoms with Crippen LogP contribution in [0.3, 0.4) is 0 Å². The summed E-state index contributed by atoms with van der Waals surface area (Å²) < 4.78 is 11.8. The van der Waals surface area contributed by atoms with E-state index in [0.717, 1.165) is 16.8 Å². The number of rotatable bonds is 6. The van der Waals surface area contributed by atoms with Gasteiger partial charge >= 0.3 is 0 Å². The first kappa shape index (κ1) is 18.0. The number of hydrogen-bond acceptors (Lipinski definition) is 8. The third-order valence-corrected chi connectivity index (χ3v) is 4.89. The highest BCUT2D eigenvalue weighted by Gasteiger charge is 2.14. The van der Waals surface area contributed by atoms with Crippen molar-refractivity contribution in [1.29, 1.82) is 0 Å². The second-order valence-electron chi connectivity index (χ2n) is 5.83. The summed E-state index contributed by atoms with van der Waals surface area (Å²) in [6, 6.07) is 9.16. The highest BCUT2D eigenvalue weighted by Crippen LogP contribution is 2.26. The first-order valence-corrected chi connectivity index (χ1v) is 9.32. The lowest BCUT2D eigenvalue weighted by atomic mass is 10.3. The molecule has 1 amide bonds. The van der Waals surface area contributed by atoms with Gasteiger partial charge in [-0.1, -0.05) is 16.9 Å². The molecule has 0 bridgehead atoms. The number of aromatic nitrogens is 5. The maximum absolute atomic E-state index is 12.1. The molecule has 1 N–H and O–H groups in total. The van der Waals surface area contributed by atoms with Gasteiger partial charge < -0.3 is 14.6 Å². The number of aryl methyl sites for hydroxylation is 1. The molecule has 0 radical (unpaired) electrons. The van der Waals surface area contributed by atoms with E-state index in [1.165, 1.54) is 18.1 Å². The third kappa shape index (κ3) is 3.67. The summed E-state index contributed by atoms with van der Waals surface area (Å²) in [5, 5.41) is 12.3. The zero-order chi connectivity index (χ0) is 19.5. The van der Waals surface area contributed by atoms with Crippen LogP contribution in [0.4, 0.5) is 5.82 Å². The van der Waals surface area contributed by atoms with Crippen LogP contribution < -0.4 is 10.1 Å². The molecular weight excluding hydrogens is 380 g/mol. The average molecular weight is 396 g/mol. The Bertz CT molecular complexity index is 1120. The van der Waals surface area contributed by atoms with E-state index < -0.39 is 0 Å². The van der Waals surface area contributed by atoms with Gasteiger partial charge in [-0.2, -0.15) is 5.10 Å². The third-order valence-electron chi connectivity index (χ3n) is 3.88. The van der Waals surface area contributed by atoms with Gasteiger partial charge in [0.2, 0.25) is 5.91 Å².